The molecule has 0 radical (unpaired) electrons. The minimum absolute atomic E-state index is 0. The smallest absolute Gasteiger partial charge is 0.243 e. The second-order valence-electron chi connectivity index (χ2n) is 8.91. The van der Waals surface area contributed by atoms with Crippen LogP contribution in [0.3, 0.4) is 0 Å². The van der Waals surface area contributed by atoms with Crippen LogP contribution in [0.4, 0.5) is 5.13 Å². The molecule has 1 saturated carbocycles. The number of carbonyl (C=O) groups is 1. The number of pyridine rings is 1. The van der Waals surface area contributed by atoms with Crippen molar-refractivity contribution in [1.29, 1.82) is 0 Å². The Morgan fingerprint density at radius 2 is 2.00 bits per heavy atom. The second kappa shape index (κ2) is 9.73. The third-order valence-electron chi connectivity index (χ3n) is 6.11. The van der Waals surface area contributed by atoms with Crippen LogP contribution >= 0.6 is 23.7 Å². The minimum atomic E-state index is -0.158. The molecule has 0 bridgehead atoms. The number of halogens is 1. The summed E-state index contributed by atoms with van der Waals surface area (Å²) in [6.07, 6.45) is 6.38. The quantitative estimate of drug-likeness (QED) is 0.555. The van der Waals surface area contributed by atoms with E-state index in [1.807, 2.05) is 36.5 Å². The number of rotatable bonds is 7. The van der Waals surface area contributed by atoms with Gasteiger partial charge in [-0.2, -0.15) is 4.98 Å². The molecule has 0 spiro atoms. The number of anilines is 1. The Morgan fingerprint density at radius 1 is 1.22 bits per heavy atom. The molecule has 170 valence electrons. The predicted octanol–water partition coefficient (Wildman–Crippen LogP) is 4.34. The Bertz CT molecular complexity index is 1080. The van der Waals surface area contributed by atoms with Crippen LogP contribution in [0, 0.1) is 0 Å². The maximum absolute atomic E-state index is 13.0. The standard InChI is InChI=1S/C24H29N5OS.ClH/c1-28(2)15-18-14-25-22-21(20(18)17-10-11-17)31-24(27-22)29-12-6-9-19(29)23(30)26-13-16-7-4-3-5-8-16;/h3-5,7-8,14,17,19H,6,9-13,15H2,1-2H3,(H,26,30);1H/t19-;/m1./s1. The van der Waals surface area contributed by atoms with Gasteiger partial charge in [-0.05, 0) is 62.4 Å². The molecule has 1 aliphatic carbocycles. The van der Waals surface area contributed by atoms with E-state index in [0.29, 0.717) is 12.5 Å². The summed E-state index contributed by atoms with van der Waals surface area (Å²) in [5.74, 6) is 0.724. The van der Waals surface area contributed by atoms with Gasteiger partial charge in [-0.25, -0.2) is 4.98 Å². The number of thiazole rings is 1. The van der Waals surface area contributed by atoms with Crippen LogP contribution in [0.5, 0.6) is 0 Å². The van der Waals surface area contributed by atoms with Crippen LogP contribution < -0.4 is 10.2 Å². The zero-order chi connectivity index (χ0) is 21.4. The lowest BCUT2D eigenvalue weighted by Crippen LogP contribution is -2.43. The Balaban J connectivity index is 0.00000245. The number of amides is 1. The van der Waals surface area contributed by atoms with Crippen molar-refractivity contribution in [2.24, 2.45) is 0 Å². The summed E-state index contributed by atoms with van der Waals surface area (Å²) in [5, 5.41) is 4.05. The third-order valence-corrected chi connectivity index (χ3v) is 7.23. The highest BCUT2D eigenvalue weighted by molar-refractivity contribution is 7.22. The van der Waals surface area contributed by atoms with Crippen molar-refractivity contribution < 1.29 is 4.79 Å². The third kappa shape index (κ3) is 4.75. The summed E-state index contributed by atoms with van der Waals surface area (Å²) in [6.45, 7) is 2.33. The predicted molar refractivity (Wildman–Crippen MR) is 133 cm³/mol. The van der Waals surface area contributed by atoms with E-state index in [4.69, 9.17) is 4.98 Å². The maximum atomic E-state index is 13.0. The first kappa shape index (κ1) is 23.0. The van der Waals surface area contributed by atoms with Crippen LogP contribution in [-0.2, 0) is 17.9 Å². The van der Waals surface area contributed by atoms with Gasteiger partial charge < -0.3 is 15.1 Å². The van der Waals surface area contributed by atoms with E-state index in [-0.39, 0.29) is 24.4 Å². The van der Waals surface area contributed by atoms with Crippen molar-refractivity contribution in [3.8, 4) is 0 Å². The number of nitrogens with one attached hydrogen (secondary N) is 1. The van der Waals surface area contributed by atoms with Gasteiger partial charge in [0.05, 0.1) is 4.70 Å². The molecule has 1 amide bonds. The summed E-state index contributed by atoms with van der Waals surface area (Å²) in [6, 6.07) is 9.91. The van der Waals surface area contributed by atoms with Gasteiger partial charge in [-0.3, -0.25) is 4.79 Å². The van der Waals surface area contributed by atoms with E-state index < -0.39 is 0 Å². The Labute approximate surface area is 199 Å². The second-order valence-corrected chi connectivity index (χ2v) is 9.89. The minimum Gasteiger partial charge on any atom is -0.350 e. The van der Waals surface area contributed by atoms with Crippen LogP contribution in [0.1, 0.15) is 48.3 Å². The van der Waals surface area contributed by atoms with Crippen LogP contribution in [0.25, 0.3) is 10.3 Å². The Hall–Kier alpha value is -2.22. The monoisotopic (exact) mass is 471 g/mol. The zero-order valence-corrected chi connectivity index (χ0v) is 20.2. The summed E-state index contributed by atoms with van der Waals surface area (Å²) < 4.78 is 1.21. The summed E-state index contributed by atoms with van der Waals surface area (Å²) in [7, 11) is 4.20. The number of nitrogens with zero attached hydrogens (tertiary/aromatic N) is 4. The lowest BCUT2D eigenvalue weighted by molar-refractivity contribution is -0.122. The highest BCUT2D eigenvalue weighted by Crippen LogP contribution is 2.47. The molecule has 3 heterocycles. The highest BCUT2D eigenvalue weighted by atomic mass is 35.5. The molecular formula is C24H30ClN5OS. The van der Waals surface area contributed by atoms with Gasteiger partial charge in [0.25, 0.3) is 0 Å². The summed E-state index contributed by atoms with van der Waals surface area (Å²) >= 11 is 1.72. The van der Waals surface area contributed by atoms with Gasteiger partial charge in [0, 0.05) is 25.8 Å². The molecule has 0 unspecified atom stereocenters. The molecule has 2 fully saturated rings. The fraction of sp³-hybridized carbons (Fsp3) is 0.458. The van der Waals surface area contributed by atoms with Crippen LogP contribution in [0.2, 0.25) is 0 Å². The van der Waals surface area contributed by atoms with Crippen molar-refractivity contribution in [3.05, 3.63) is 53.2 Å². The van der Waals surface area contributed by atoms with E-state index in [1.165, 1.54) is 28.7 Å². The van der Waals surface area contributed by atoms with E-state index in [9.17, 15) is 4.79 Å². The lowest BCUT2D eigenvalue weighted by atomic mass is 10.1. The molecule has 8 heteroatoms. The molecule has 32 heavy (non-hydrogen) atoms. The highest BCUT2D eigenvalue weighted by Gasteiger charge is 2.34. The van der Waals surface area contributed by atoms with E-state index in [2.05, 4.69) is 34.2 Å². The normalized spacial score (nSPS) is 18.2. The largest absolute Gasteiger partial charge is 0.350 e. The fourth-order valence-electron chi connectivity index (χ4n) is 4.50. The first-order valence-corrected chi connectivity index (χ1v) is 11.9. The maximum Gasteiger partial charge on any atom is 0.243 e. The number of hydrogen-bond acceptors (Lipinski definition) is 6. The summed E-state index contributed by atoms with van der Waals surface area (Å²) in [4.78, 5) is 26.9. The molecule has 2 aliphatic rings. The molecule has 5 rings (SSSR count). The topological polar surface area (TPSA) is 61.4 Å². The Morgan fingerprint density at radius 3 is 2.72 bits per heavy atom. The number of carbonyl (C=O) groups excluding carboxylic acids is 1. The number of aromatic nitrogens is 2. The van der Waals surface area contributed by atoms with Gasteiger partial charge in [0.2, 0.25) is 5.91 Å². The SMILES string of the molecule is CN(C)Cc1cnc2nc(N3CCC[C@@H]3C(=O)NCc3ccccc3)sc2c1C1CC1.Cl. The van der Waals surface area contributed by atoms with E-state index >= 15 is 0 Å². The average Bonchev–Trinajstić information content (AvgIpc) is 3.31. The van der Waals surface area contributed by atoms with Crippen LogP contribution in [0.15, 0.2) is 36.5 Å². The molecular weight excluding hydrogens is 442 g/mol. The fourth-order valence-corrected chi connectivity index (χ4v) is 5.75. The van der Waals surface area contributed by atoms with Gasteiger partial charge in [-0.1, -0.05) is 41.7 Å². The van der Waals surface area contributed by atoms with Crippen molar-refractivity contribution in [3.63, 3.8) is 0 Å². The molecule has 1 saturated heterocycles. The number of hydrogen-bond donors (Lipinski definition) is 1. The van der Waals surface area contributed by atoms with Gasteiger partial charge in [0.1, 0.15) is 6.04 Å². The molecule has 1 aromatic carbocycles. The van der Waals surface area contributed by atoms with Gasteiger partial charge >= 0.3 is 0 Å². The average molecular weight is 472 g/mol. The van der Waals surface area contributed by atoms with E-state index in [1.54, 1.807) is 11.3 Å². The van der Waals surface area contributed by atoms with Crippen molar-refractivity contribution in [2.45, 2.75) is 50.7 Å². The van der Waals surface area contributed by atoms with E-state index in [0.717, 1.165) is 42.3 Å². The molecule has 3 aromatic rings. The molecule has 1 N–H and O–H groups in total. The Kier molecular flexibility index (Phi) is 6.98. The van der Waals surface area contributed by atoms with Gasteiger partial charge in [0.15, 0.2) is 10.8 Å². The van der Waals surface area contributed by atoms with Crippen molar-refractivity contribution in [1.82, 2.24) is 20.2 Å². The number of benzene rings is 1. The molecule has 1 aliphatic heterocycles. The van der Waals surface area contributed by atoms with Crippen LogP contribution in [-0.4, -0.2) is 47.5 Å². The summed E-state index contributed by atoms with van der Waals surface area (Å²) in [5.41, 5.74) is 4.70. The first-order valence-electron chi connectivity index (χ1n) is 11.1. The lowest BCUT2D eigenvalue weighted by Gasteiger charge is -2.23. The van der Waals surface area contributed by atoms with Crippen molar-refractivity contribution >= 4 is 45.1 Å². The van der Waals surface area contributed by atoms with Gasteiger partial charge in [-0.15, -0.1) is 12.4 Å². The van der Waals surface area contributed by atoms with Crippen molar-refractivity contribution in [2.75, 3.05) is 25.5 Å². The zero-order valence-electron chi connectivity index (χ0n) is 18.6. The first-order chi connectivity index (χ1) is 15.1. The molecule has 1 atom stereocenters. The molecule has 6 nitrogen and oxygen atoms in total. The number of fused-ring (bicyclic) bond motifs is 1. The molecule has 2 aromatic heterocycles.